The van der Waals surface area contributed by atoms with Crippen LogP contribution in [0.4, 0.5) is 0 Å². The summed E-state index contributed by atoms with van der Waals surface area (Å²) in [4.78, 5) is 45.9. The van der Waals surface area contributed by atoms with Gasteiger partial charge in [0.1, 0.15) is 11.8 Å². The predicted molar refractivity (Wildman–Crippen MR) is 167 cm³/mol. The van der Waals surface area contributed by atoms with Crippen molar-refractivity contribution in [1.29, 1.82) is 0 Å². The zero-order chi connectivity index (χ0) is 29.3. The van der Waals surface area contributed by atoms with E-state index < -0.39 is 6.04 Å². The Morgan fingerprint density at radius 3 is 2.50 bits per heavy atom. The zero-order valence-corrected chi connectivity index (χ0v) is 23.9. The number of fused-ring (bicyclic) bond motifs is 2. The summed E-state index contributed by atoms with van der Waals surface area (Å²) in [5.74, 6) is -0.341. The topological polar surface area (TPSA) is 104 Å². The number of hydrogen-bond acceptors (Lipinski definition) is 4. The highest BCUT2D eigenvalue weighted by atomic mass is 16.2. The molecule has 0 saturated heterocycles. The van der Waals surface area contributed by atoms with Crippen LogP contribution in [0.15, 0.2) is 91.3 Å². The number of para-hydroxylation sites is 1. The van der Waals surface area contributed by atoms with Gasteiger partial charge < -0.3 is 20.4 Å². The van der Waals surface area contributed by atoms with Gasteiger partial charge in [0.05, 0.1) is 0 Å². The van der Waals surface area contributed by atoms with Gasteiger partial charge in [-0.05, 0) is 60.9 Å². The highest BCUT2D eigenvalue weighted by molar-refractivity contribution is 6.08. The Morgan fingerprint density at radius 1 is 0.857 bits per heavy atom. The first-order valence-corrected chi connectivity index (χ1v) is 14.6. The number of unbranched alkanes of at least 4 members (excludes halogenated alkanes) is 2. The second-order valence-corrected chi connectivity index (χ2v) is 10.7. The number of aromatic amines is 1. The fourth-order valence-corrected chi connectivity index (χ4v) is 5.47. The third-order valence-electron chi connectivity index (χ3n) is 7.62. The second-order valence-electron chi connectivity index (χ2n) is 10.7. The van der Waals surface area contributed by atoms with Crippen LogP contribution in [-0.4, -0.2) is 40.2 Å². The number of hydrogen-bond donors (Lipinski definition) is 3. The van der Waals surface area contributed by atoms with Crippen LogP contribution in [-0.2, 0) is 16.0 Å². The molecular formula is C35H36N4O3. The number of pyridine rings is 1. The van der Waals surface area contributed by atoms with E-state index in [1.54, 1.807) is 25.4 Å². The van der Waals surface area contributed by atoms with Gasteiger partial charge in [-0.3, -0.25) is 14.6 Å². The van der Waals surface area contributed by atoms with Crippen LogP contribution in [0.5, 0.6) is 0 Å². The van der Waals surface area contributed by atoms with E-state index in [4.69, 9.17) is 0 Å². The molecule has 0 aliphatic heterocycles. The normalized spacial score (nSPS) is 11.8. The van der Waals surface area contributed by atoms with E-state index in [0.717, 1.165) is 57.8 Å². The average Bonchev–Trinajstić information content (AvgIpc) is 3.38. The monoisotopic (exact) mass is 560 g/mol. The molecule has 3 N–H and O–H groups in total. The smallest absolute Gasteiger partial charge is 0.252 e. The maximum Gasteiger partial charge on any atom is 0.252 e. The Labute approximate surface area is 245 Å². The molecule has 0 unspecified atom stereocenters. The molecular weight excluding hydrogens is 524 g/mol. The van der Waals surface area contributed by atoms with E-state index in [0.29, 0.717) is 31.4 Å². The third-order valence-corrected chi connectivity index (χ3v) is 7.62. The molecule has 214 valence electrons. The Morgan fingerprint density at radius 2 is 1.67 bits per heavy atom. The lowest BCUT2D eigenvalue weighted by Crippen LogP contribution is -2.47. The van der Waals surface area contributed by atoms with Crippen LogP contribution in [0.3, 0.4) is 0 Å². The molecule has 7 nitrogen and oxygen atoms in total. The van der Waals surface area contributed by atoms with E-state index in [1.807, 2.05) is 48.5 Å². The summed E-state index contributed by atoms with van der Waals surface area (Å²) in [6.45, 7) is 2.02. The Balaban J connectivity index is 1.30. The Kier molecular flexibility index (Phi) is 9.39. The fourth-order valence-electron chi connectivity index (χ4n) is 5.47. The summed E-state index contributed by atoms with van der Waals surface area (Å²) < 4.78 is 0. The van der Waals surface area contributed by atoms with Gasteiger partial charge in [-0.25, -0.2) is 0 Å². The van der Waals surface area contributed by atoms with Crippen molar-refractivity contribution >= 4 is 39.3 Å². The van der Waals surface area contributed by atoms with Crippen molar-refractivity contribution in [2.75, 3.05) is 6.54 Å². The molecule has 7 heteroatoms. The largest absolute Gasteiger partial charge is 0.354 e. The highest BCUT2D eigenvalue weighted by Gasteiger charge is 2.22. The second kappa shape index (κ2) is 13.7. The molecule has 2 amide bonds. The van der Waals surface area contributed by atoms with Gasteiger partial charge in [-0.1, -0.05) is 73.5 Å². The number of carbonyl (C=O) groups excluding carboxylic acids is 3. The molecule has 42 heavy (non-hydrogen) atoms. The number of amides is 2. The van der Waals surface area contributed by atoms with Crippen LogP contribution >= 0.6 is 0 Å². The molecule has 3 aromatic carbocycles. The number of rotatable bonds is 13. The molecule has 0 bridgehead atoms. The van der Waals surface area contributed by atoms with Crippen LogP contribution < -0.4 is 10.6 Å². The lowest BCUT2D eigenvalue weighted by Gasteiger charge is -2.19. The van der Waals surface area contributed by atoms with Crippen molar-refractivity contribution in [2.24, 2.45) is 0 Å². The minimum Gasteiger partial charge on any atom is -0.354 e. The molecule has 2 aromatic heterocycles. The van der Waals surface area contributed by atoms with Gasteiger partial charge in [-0.2, -0.15) is 0 Å². The first kappa shape index (κ1) is 28.7. The van der Waals surface area contributed by atoms with Crippen molar-refractivity contribution in [1.82, 2.24) is 20.6 Å². The minimum absolute atomic E-state index is 0.162. The lowest BCUT2D eigenvalue weighted by molar-refractivity contribution is -0.123. The summed E-state index contributed by atoms with van der Waals surface area (Å²) >= 11 is 0. The van der Waals surface area contributed by atoms with Gasteiger partial charge in [-0.15, -0.1) is 0 Å². The number of Topliss-reactive ketones (excluding diaryl/α,β-unsaturated/α-hetero) is 1. The van der Waals surface area contributed by atoms with E-state index in [-0.39, 0.29) is 17.6 Å². The lowest BCUT2D eigenvalue weighted by atomic mass is 10.0. The average molecular weight is 561 g/mol. The number of benzene rings is 3. The molecule has 2 heterocycles. The minimum atomic E-state index is -0.691. The van der Waals surface area contributed by atoms with Crippen LogP contribution in [0.25, 0.3) is 32.9 Å². The van der Waals surface area contributed by atoms with Crippen molar-refractivity contribution in [3.05, 3.63) is 102 Å². The van der Waals surface area contributed by atoms with E-state index >= 15 is 0 Å². The number of carbonyl (C=O) groups is 3. The third kappa shape index (κ3) is 6.92. The molecule has 0 fully saturated rings. The first-order chi connectivity index (χ1) is 20.5. The van der Waals surface area contributed by atoms with Gasteiger partial charge in [0.25, 0.3) is 5.91 Å². The number of ketones is 1. The van der Waals surface area contributed by atoms with E-state index in [1.165, 1.54) is 0 Å². The number of nitrogens with zero attached hydrogens (tertiary/aromatic N) is 1. The molecule has 0 aliphatic carbocycles. The van der Waals surface area contributed by atoms with Crippen molar-refractivity contribution in [2.45, 2.75) is 51.5 Å². The predicted octanol–water partition coefficient (Wildman–Crippen LogP) is 6.38. The van der Waals surface area contributed by atoms with Gasteiger partial charge >= 0.3 is 0 Å². The van der Waals surface area contributed by atoms with E-state index in [9.17, 15) is 14.4 Å². The SMILES string of the molecule is CC(=O)CCCCC[C@H](NC(=O)c1cccc2cnccc12)C(=O)NCCc1c(-c2ccccc2)[nH]c2ccccc12. The molecule has 0 spiro atoms. The van der Waals surface area contributed by atoms with Crippen LogP contribution in [0.1, 0.15) is 54.9 Å². The number of aromatic nitrogens is 2. The summed E-state index contributed by atoms with van der Waals surface area (Å²) in [5, 5.41) is 8.86. The summed E-state index contributed by atoms with van der Waals surface area (Å²) in [6, 6.07) is 25.0. The molecule has 0 saturated carbocycles. The molecule has 0 aliphatic rings. The quantitative estimate of drug-likeness (QED) is 0.145. The van der Waals surface area contributed by atoms with Crippen molar-refractivity contribution in [3.8, 4) is 11.3 Å². The molecule has 1 atom stereocenters. The summed E-state index contributed by atoms with van der Waals surface area (Å²) in [5.41, 5.74) is 4.85. The van der Waals surface area contributed by atoms with Gasteiger partial charge in [0.15, 0.2) is 0 Å². The van der Waals surface area contributed by atoms with Gasteiger partial charge in [0, 0.05) is 52.9 Å². The highest BCUT2D eigenvalue weighted by Crippen LogP contribution is 2.30. The van der Waals surface area contributed by atoms with Crippen LogP contribution in [0.2, 0.25) is 0 Å². The fraction of sp³-hybridized carbons (Fsp3) is 0.257. The van der Waals surface area contributed by atoms with Crippen LogP contribution in [0, 0.1) is 0 Å². The standard InChI is InChI=1S/C35H36N4O3/c1-24(40)11-4-2-7-18-32(39-34(41)30-16-10-14-26-23-36-21-19-27(26)30)35(42)37-22-20-29-28-15-8-9-17-31(28)38-33(29)25-12-5-3-6-13-25/h3,5-6,8-10,12-17,19,21,23,32,38H,2,4,7,11,18,20,22H2,1H3,(H,37,42)(H,39,41)/t32-/m0/s1. The summed E-state index contributed by atoms with van der Waals surface area (Å²) in [7, 11) is 0. The van der Waals surface area contributed by atoms with Gasteiger partial charge in [0.2, 0.25) is 5.91 Å². The molecule has 0 radical (unpaired) electrons. The zero-order valence-electron chi connectivity index (χ0n) is 23.9. The maximum atomic E-state index is 13.5. The number of nitrogens with one attached hydrogen (secondary N) is 3. The molecule has 5 aromatic rings. The molecule has 5 rings (SSSR count). The van der Waals surface area contributed by atoms with E-state index in [2.05, 4.69) is 44.9 Å². The maximum absolute atomic E-state index is 13.5. The summed E-state index contributed by atoms with van der Waals surface area (Å²) in [6.07, 6.45) is 7.35. The number of H-pyrrole nitrogens is 1. The Bertz CT molecular complexity index is 1690. The van der Waals surface area contributed by atoms with Crippen molar-refractivity contribution in [3.63, 3.8) is 0 Å². The Hall–Kier alpha value is -4.78. The van der Waals surface area contributed by atoms with Crippen molar-refractivity contribution < 1.29 is 14.4 Å². The first-order valence-electron chi connectivity index (χ1n) is 14.6.